The molecular weight excluding hydrogens is 475 g/mol. The predicted octanol–water partition coefficient (Wildman–Crippen LogP) is 7.24. The van der Waals surface area contributed by atoms with E-state index in [1.807, 2.05) is 56.3 Å². The normalized spacial score (nSPS) is 11.7. The van der Waals surface area contributed by atoms with Crippen molar-refractivity contribution in [2.45, 2.75) is 18.7 Å². The van der Waals surface area contributed by atoms with E-state index in [0.717, 1.165) is 22.1 Å². The van der Waals surface area contributed by atoms with E-state index in [-0.39, 0.29) is 34.5 Å². The minimum atomic E-state index is -4.32. The van der Waals surface area contributed by atoms with Crippen LogP contribution in [0.3, 0.4) is 0 Å². The summed E-state index contributed by atoms with van der Waals surface area (Å²) < 4.78 is 37.5. The van der Waals surface area contributed by atoms with Crippen LogP contribution in [0, 0.1) is 6.92 Å². The van der Waals surface area contributed by atoms with Crippen LogP contribution in [0.5, 0.6) is 5.75 Å². The molecule has 10 heteroatoms. The zero-order valence-corrected chi connectivity index (χ0v) is 22.4. The number of benzene rings is 4. The van der Waals surface area contributed by atoms with E-state index in [1.54, 1.807) is 18.2 Å². The fourth-order valence-electron chi connectivity index (χ4n) is 3.38. The summed E-state index contributed by atoms with van der Waals surface area (Å²) in [6.07, 6.45) is 0. The fourth-order valence-corrected chi connectivity index (χ4v) is 3.90. The Morgan fingerprint density at radius 3 is 1.91 bits per heavy atom. The molecule has 0 unspecified atom stereocenters. The molecule has 0 atom stereocenters. The summed E-state index contributed by atoms with van der Waals surface area (Å²) in [7, 11) is -4.32. The van der Waals surface area contributed by atoms with Crippen LogP contribution in [0.2, 0.25) is 0 Å². The molecule has 0 amide bonds. The minimum Gasteiger partial charge on any atom is -0.494 e. The van der Waals surface area contributed by atoms with Gasteiger partial charge in [-0.15, -0.1) is 10.2 Å². The third kappa shape index (κ3) is 6.59. The Hall–Kier alpha value is -2.95. The van der Waals surface area contributed by atoms with Gasteiger partial charge in [-0.3, -0.25) is 4.55 Å². The van der Waals surface area contributed by atoms with Gasteiger partial charge < -0.3 is 4.74 Å². The molecule has 0 aliphatic carbocycles. The summed E-state index contributed by atoms with van der Waals surface area (Å²) in [6, 6.07) is 22.5. The Bertz CT molecular complexity index is 1520. The van der Waals surface area contributed by atoms with Crippen LogP contribution in [0.1, 0.15) is 12.5 Å². The second-order valence-corrected chi connectivity index (χ2v) is 8.83. The summed E-state index contributed by atoms with van der Waals surface area (Å²) in [5.74, 6) is 0.823. The Morgan fingerprint density at radius 1 is 0.771 bits per heavy atom. The average Bonchev–Trinajstić information content (AvgIpc) is 2.83. The Labute approximate surface area is 225 Å². The zero-order chi connectivity index (χ0) is 24.1. The van der Waals surface area contributed by atoms with E-state index >= 15 is 0 Å². The molecule has 4 aromatic carbocycles. The fraction of sp³-hybridized carbons (Fsp3) is 0.120. The van der Waals surface area contributed by atoms with E-state index in [1.165, 1.54) is 18.2 Å². The maximum absolute atomic E-state index is 11.4. The molecule has 0 heterocycles. The second kappa shape index (κ2) is 11.7. The topological polar surface area (TPSA) is 113 Å². The Morgan fingerprint density at radius 2 is 1.37 bits per heavy atom. The van der Waals surface area contributed by atoms with Gasteiger partial charge >= 0.3 is 0 Å². The molecule has 1 N–H and O–H groups in total. The molecule has 173 valence electrons. The van der Waals surface area contributed by atoms with Crippen LogP contribution in [0.25, 0.3) is 10.8 Å². The van der Waals surface area contributed by atoms with Crippen molar-refractivity contribution >= 4 is 73.2 Å². The maximum Gasteiger partial charge on any atom is 0.294 e. The van der Waals surface area contributed by atoms with Crippen molar-refractivity contribution in [2.24, 2.45) is 20.5 Å². The van der Waals surface area contributed by atoms with Crippen molar-refractivity contribution in [3.8, 4) is 5.75 Å². The minimum absolute atomic E-state index is 0. The second-order valence-electron chi connectivity index (χ2n) is 7.40. The van der Waals surface area contributed by atoms with E-state index in [9.17, 15) is 13.0 Å². The summed E-state index contributed by atoms with van der Waals surface area (Å²) in [5.41, 5.74) is 3.26. The Balaban J connectivity index is 0.00000342. The van der Waals surface area contributed by atoms with Crippen molar-refractivity contribution in [3.05, 3.63) is 84.4 Å². The van der Waals surface area contributed by atoms with Gasteiger partial charge in [0.2, 0.25) is 0 Å². The molecule has 0 aliphatic rings. The SMILES string of the molecule is CCOc1ccc(N=Nc2ccc(N=Nc3cccc(S(=O)(=O)O)c3)c3ccccc23)cc1C.[Na]. The molecule has 0 aromatic heterocycles. The maximum atomic E-state index is 11.4. The molecule has 0 aliphatic heterocycles. The van der Waals surface area contributed by atoms with Gasteiger partial charge in [-0.25, -0.2) is 0 Å². The van der Waals surface area contributed by atoms with Crippen molar-refractivity contribution in [2.75, 3.05) is 6.61 Å². The molecule has 4 rings (SSSR count). The third-order valence-electron chi connectivity index (χ3n) is 5.00. The van der Waals surface area contributed by atoms with Crippen molar-refractivity contribution in [3.63, 3.8) is 0 Å². The van der Waals surface area contributed by atoms with E-state index in [2.05, 4.69) is 20.5 Å². The summed E-state index contributed by atoms with van der Waals surface area (Å²) in [5, 5.41) is 18.9. The van der Waals surface area contributed by atoms with Crippen LogP contribution < -0.4 is 4.74 Å². The van der Waals surface area contributed by atoms with Crippen molar-refractivity contribution in [1.82, 2.24) is 0 Å². The molecular formula is C25H22N4NaO4S. The number of fused-ring (bicyclic) bond motifs is 1. The first-order chi connectivity index (χ1) is 16.3. The number of hydrogen-bond donors (Lipinski definition) is 1. The monoisotopic (exact) mass is 497 g/mol. The van der Waals surface area contributed by atoms with Gasteiger partial charge in [0.1, 0.15) is 5.75 Å². The van der Waals surface area contributed by atoms with E-state index in [0.29, 0.717) is 29.4 Å². The van der Waals surface area contributed by atoms with Gasteiger partial charge in [-0.2, -0.15) is 18.6 Å². The van der Waals surface area contributed by atoms with Crippen LogP contribution in [0.4, 0.5) is 22.7 Å². The van der Waals surface area contributed by atoms with Gasteiger partial charge in [0.15, 0.2) is 0 Å². The molecule has 0 spiro atoms. The molecule has 35 heavy (non-hydrogen) atoms. The molecule has 0 fully saturated rings. The third-order valence-corrected chi connectivity index (χ3v) is 5.85. The van der Waals surface area contributed by atoms with Gasteiger partial charge in [0.25, 0.3) is 10.1 Å². The van der Waals surface area contributed by atoms with Crippen molar-refractivity contribution < 1.29 is 17.7 Å². The molecule has 4 aromatic rings. The van der Waals surface area contributed by atoms with Crippen LogP contribution >= 0.6 is 0 Å². The molecule has 1 radical (unpaired) electrons. The molecule has 0 saturated carbocycles. The van der Waals surface area contributed by atoms with Gasteiger partial charge in [0.05, 0.1) is 34.3 Å². The Kier molecular flexibility index (Phi) is 8.87. The smallest absolute Gasteiger partial charge is 0.294 e. The largest absolute Gasteiger partial charge is 0.494 e. The number of nitrogens with zero attached hydrogens (tertiary/aromatic N) is 4. The van der Waals surface area contributed by atoms with E-state index in [4.69, 9.17) is 4.74 Å². The predicted molar refractivity (Wildman–Crippen MR) is 137 cm³/mol. The zero-order valence-electron chi connectivity index (χ0n) is 19.6. The van der Waals surface area contributed by atoms with Crippen LogP contribution in [-0.4, -0.2) is 49.1 Å². The number of aryl methyl sites for hydroxylation is 1. The first kappa shape index (κ1) is 26.7. The van der Waals surface area contributed by atoms with Crippen LogP contribution in [0.15, 0.2) is 104 Å². The molecule has 0 saturated heterocycles. The van der Waals surface area contributed by atoms with Crippen molar-refractivity contribution in [1.29, 1.82) is 0 Å². The number of hydrogen-bond acceptors (Lipinski definition) is 7. The molecule has 8 nitrogen and oxygen atoms in total. The van der Waals surface area contributed by atoms with Gasteiger partial charge in [-0.1, -0.05) is 30.3 Å². The average molecular weight is 498 g/mol. The first-order valence-electron chi connectivity index (χ1n) is 10.5. The number of rotatable bonds is 7. The standard InChI is InChI=1S/C25H22N4O4S.Na/c1-3-33-25-14-11-19(15-17(25)2)27-29-24-13-12-23(21-9-4-5-10-22(21)24)28-26-18-7-6-8-20(16-18)34(30,31)32;/h4-16H,3H2,1-2H3,(H,30,31,32);. The molecule has 0 bridgehead atoms. The first-order valence-corrected chi connectivity index (χ1v) is 12.0. The number of azo groups is 2. The van der Waals surface area contributed by atoms with Crippen LogP contribution in [-0.2, 0) is 10.1 Å². The quantitative estimate of drug-likeness (QED) is 0.165. The number of ether oxygens (including phenoxy) is 1. The summed E-state index contributed by atoms with van der Waals surface area (Å²) >= 11 is 0. The summed E-state index contributed by atoms with van der Waals surface area (Å²) in [4.78, 5) is -0.242. The van der Waals surface area contributed by atoms with Gasteiger partial charge in [-0.05, 0) is 67.9 Å². The van der Waals surface area contributed by atoms with E-state index < -0.39 is 10.1 Å². The van der Waals surface area contributed by atoms with Gasteiger partial charge in [0, 0.05) is 40.3 Å². The summed E-state index contributed by atoms with van der Waals surface area (Å²) in [6.45, 7) is 4.51.